The molecule has 1 aliphatic heterocycles. The summed E-state index contributed by atoms with van der Waals surface area (Å²) in [6.45, 7) is 0.811. The minimum absolute atomic E-state index is 0.00438. The first-order valence-corrected chi connectivity index (χ1v) is 6.71. The largest absolute Gasteiger partial charge is 0.443 e. The van der Waals surface area contributed by atoms with E-state index in [9.17, 15) is 18.0 Å². The van der Waals surface area contributed by atoms with Gasteiger partial charge in [-0.25, -0.2) is 4.98 Å². The lowest BCUT2D eigenvalue weighted by Crippen LogP contribution is -2.03. The molecule has 0 saturated carbocycles. The molecule has 0 radical (unpaired) electrons. The fraction of sp³-hybridized carbons (Fsp3) is 0.231. The van der Waals surface area contributed by atoms with Gasteiger partial charge in [0.25, 0.3) is 0 Å². The van der Waals surface area contributed by atoms with Gasteiger partial charge in [0.05, 0.1) is 4.88 Å². The highest BCUT2D eigenvalue weighted by molar-refractivity contribution is 7.13. The second-order valence-corrected chi connectivity index (χ2v) is 5.44. The van der Waals surface area contributed by atoms with Gasteiger partial charge in [0.1, 0.15) is 0 Å². The van der Waals surface area contributed by atoms with Gasteiger partial charge in [-0.1, -0.05) is 12.1 Å². The van der Waals surface area contributed by atoms with Gasteiger partial charge in [-0.05, 0) is 18.1 Å². The maximum Gasteiger partial charge on any atom is 0.443 e. The fourth-order valence-corrected chi connectivity index (χ4v) is 2.83. The molecule has 7 heteroatoms. The maximum atomic E-state index is 12.5. The topological polar surface area (TPSA) is 42.0 Å². The Balaban J connectivity index is 1.91. The van der Waals surface area contributed by atoms with Crippen LogP contribution in [0.2, 0.25) is 0 Å². The molecule has 3 rings (SSSR count). The summed E-state index contributed by atoms with van der Waals surface area (Å²) >= 11 is 0.370. The number of rotatable bonds is 2. The number of anilines is 1. The highest BCUT2D eigenvalue weighted by Crippen LogP contribution is 2.33. The molecule has 1 N–H and O–H groups in total. The summed E-state index contributed by atoms with van der Waals surface area (Å²) in [5, 5.41) is 2.13. The molecule has 0 bridgehead atoms. The summed E-state index contributed by atoms with van der Waals surface area (Å²) in [6, 6.07) is 5.15. The van der Waals surface area contributed by atoms with Crippen LogP contribution in [-0.4, -0.2) is 17.3 Å². The number of ketones is 1. The van der Waals surface area contributed by atoms with Crippen LogP contribution in [-0.2, 0) is 12.6 Å². The number of hydrogen-bond acceptors (Lipinski definition) is 4. The van der Waals surface area contributed by atoms with Gasteiger partial charge in [-0.2, -0.15) is 13.2 Å². The van der Waals surface area contributed by atoms with E-state index in [-0.39, 0.29) is 4.88 Å². The molecule has 1 aromatic heterocycles. The first kappa shape index (κ1) is 13.1. The summed E-state index contributed by atoms with van der Waals surface area (Å²) in [6.07, 6.45) is -2.64. The summed E-state index contributed by atoms with van der Waals surface area (Å²) in [5.74, 6) is -0.436. The molecule has 0 atom stereocenters. The van der Waals surface area contributed by atoms with E-state index >= 15 is 0 Å². The van der Waals surface area contributed by atoms with Crippen LogP contribution in [0.5, 0.6) is 0 Å². The van der Waals surface area contributed by atoms with E-state index in [4.69, 9.17) is 0 Å². The van der Waals surface area contributed by atoms with Crippen molar-refractivity contribution in [2.45, 2.75) is 12.6 Å². The van der Waals surface area contributed by atoms with Gasteiger partial charge in [0.15, 0.2) is 5.01 Å². The smallest absolute Gasteiger partial charge is 0.384 e. The molecule has 1 aromatic carbocycles. The van der Waals surface area contributed by atoms with Crippen molar-refractivity contribution in [2.24, 2.45) is 0 Å². The van der Waals surface area contributed by atoms with Crippen molar-refractivity contribution >= 4 is 22.8 Å². The SMILES string of the molecule is O=C(c1ccc2c(c1)NCC2)c1cnc(C(F)(F)F)s1. The van der Waals surface area contributed by atoms with E-state index in [0.717, 1.165) is 30.4 Å². The van der Waals surface area contributed by atoms with Crippen LogP contribution < -0.4 is 5.32 Å². The lowest BCUT2D eigenvalue weighted by atomic mass is 10.1. The Hall–Kier alpha value is -1.89. The standard InChI is InChI=1S/C13H9F3N2OS/c14-13(15,16)12-18-6-10(20-12)11(19)8-2-1-7-3-4-17-9(7)5-8/h1-2,5-6,17H,3-4H2. The number of carbonyl (C=O) groups excluding carboxylic acids is 1. The lowest BCUT2D eigenvalue weighted by Gasteiger charge is -2.03. The van der Waals surface area contributed by atoms with Crippen LogP contribution >= 0.6 is 11.3 Å². The Bertz CT molecular complexity index is 678. The molecule has 1 aliphatic rings. The fourth-order valence-electron chi connectivity index (χ4n) is 2.08. The number of benzene rings is 1. The van der Waals surface area contributed by atoms with Crippen LogP contribution in [0.4, 0.5) is 18.9 Å². The Kier molecular flexibility index (Phi) is 3.01. The minimum Gasteiger partial charge on any atom is -0.384 e. The number of aromatic nitrogens is 1. The molecular weight excluding hydrogens is 289 g/mol. The zero-order valence-corrected chi connectivity index (χ0v) is 10.9. The number of fused-ring (bicyclic) bond motifs is 1. The first-order valence-electron chi connectivity index (χ1n) is 5.89. The predicted molar refractivity (Wildman–Crippen MR) is 69.2 cm³/mol. The minimum atomic E-state index is -4.51. The highest BCUT2D eigenvalue weighted by atomic mass is 32.1. The number of hydrogen-bond donors (Lipinski definition) is 1. The van der Waals surface area contributed by atoms with Gasteiger partial charge in [0.2, 0.25) is 5.78 Å². The van der Waals surface area contributed by atoms with Crippen LogP contribution in [0.3, 0.4) is 0 Å². The van der Waals surface area contributed by atoms with Crippen LogP contribution in [0.1, 0.15) is 25.8 Å². The van der Waals surface area contributed by atoms with Crippen molar-refractivity contribution in [1.82, 2.24) is 4.98 Å². The first-order chi connectivity index (χ1) is 9.45. The Morgan fingerprint density at radius 1 is 1.35 bits per heavy atom. The van der Waals surface area contributed by atoms with Gasteiger partial charge >= 0.3 is 6.18 Å². The third-order valence-electron chi connectivity index (χ3n) is 3.05. The molecule has 0 fully saturated rings. The van der Waals surface area contributed by atoms with Crippen LogP contribution in [0, 0.1) is 0 Å². The van der Waals surface area contributed by atoms with Crippen molar-refractivity contribution in [3.05, 3.63) is 45.4 Å². The maximum absolute atomic E-state index is 12.5. The van der Waals surface area contributed by atoms with E-state index in [1.807, 2.05) is 6.07 Å². The van der Waals surface area contributed by atoms with Crippen molar-refractivity contribution in [3.63, 3.8) is 0 Å². The van der Waals surface area contributed by atoms with E-state index < -0.39 is 17.0 Å². The number of halogens is 3. The van der Waals surface area contributed by atoms with Crippen molar-refractivity contribution in [2.75, 3.05) is 11.9 Å². The molecule has 2 aromatic rings. The molecule has 0 saturated heterocycles. The van der Waals surface area contributed by atoms with Gasteiger partial charge in [0, 0.05) is 24.0 Å². The number of nitrogens with one attached hydrogen (secondary N) is 1. The molecule has 0 spiro atoms. The summed E-state index contributed by atoms with van der Waals surface area (Å²) in [5.41, 5.74) is 2.36. The average Bonchev–Trinajstić information content (AvgIpc) is 3.05. The Labute approximate surface area is 116 Å². The zero-order valence-electron chi connectivity index (χ0n) is 10.1. The summed E-state index contributed by atoms with van der Waals surface area (Å²) in [7, 11) is 0. The van der Waals surface area contributed by atoms with E-state index in [1.165, 1.54) is 0 Å². The number of nitrogens with zero attached hydrogens (tertiary/aromatic N) is 1. The monoisotopic (exact) mass is 298 g/mol. The average molecular weight is 298 g/mol. The number of carbonyl (C=O) groups is 1. The third kappa shape index (κ3) is 2.29. The number of thiazole rings is 1. The molecule has 20 heavy (non-hydrogen) atoms. The molecular formula is C13H9F3N2OS. The summed E-state index contributed by atoms with van der Waals surface area (Å²) in [4.78, 5) is 15.4. The number of alkyl halides is 3. The predicted octanol–water partition coefficient (Wildman–Crippen LogP) is 3.36. The van der Waals surface area contributed by atoms with E-state index in [0.29, 0.717) is 16.9 Å². The molecule has 3 nitrogen and oxygen atoms in total. The highest BCUT2D eigenvalue weighted by Gasteiger charge is 2.35. The quantitative estimate of drug-likeness (QED) is 0.864. The van der Waals surface area contributed by atoms with Gasteiger partial charge < -0.3 is 5.32 Å². The van der Waals surface area contributed by atoms with Crippen LogP contribution in [0.25, 0.3) is 0 Å². The second kappa shape index (κ2) is 4.59. The summed E-state index contributed by atoms with van der Waals surface area (Å²) < 4.78 is 37.4. The molecule has 0 amide bonds. The van der Waals surface area contributed by atoms with Crippen molar-refractivity contribution < 1.29 is 18.0 Å². The molecule has 104 valence electrons. The Morgan fingerprint density at radius 2 is 2.15 bits per heavy atom. The zero-order chi connectivity index (χ0) is 14.3. The van der Waals surface area contributed by atoms with Gasteiger partial charge in [-0.3, -0.25) is 4.79 Å². The molecule has 2 heterocycles. The van der Waals surface area contributed by atoms with Gasteiger partial charge in [-0.15, -0.1) is 11.3 Å². The van der Waals surface area contributed by atoms with Crippen molar-refractivity contribution in [1.29, 1.82) is 0 Å². The van der Waals surface area contributed by atoms with Crippen LogP contribution in [0.15, 0.2) is 24.4 Å². The lowest BCUT2D eigenvalue weighted by molar-refractivity contribution is -0.137. The normalized spacial score (nSPS) is 13.9. The molecule has 0 unspecified atom stereocenters. The van der Waals surface area contributed by atoms with E-state index in [1.54, 1.807) is 12.1 Å². The third-order valence-corrected chi connectivity index (χ3v) is 4.09. The molecule has 0 aliphatic carbocycles. The van der Waals surface area contributed by atoms with Crippen molar-refractivity contribution in [3.8, 4) is 0 Å². The second-order valence-electron chi connectivity index (χ2n) is 4.41. The van der Waals surface area contributed by atoms with E-state index in [2.05, 4.69) is 10.3 Å². The Morgan fingerprint density at radius 3 is 2.85 bits per heavy atom.